The fraction of sp³-hybridized carbons (Fsp3) is 0.415. The molecule has 0 spiro atoms. The molecule has 0 saturated carbocycles. The zero-order chi connectivity index (χ0) is 34.9. The van der Waals surface area contributed by atoms with E-state index in [1.165, 1.54) is 69.7 Å². The van der Waals surface area contributed by atoms with E-state index in [0.29, 0.717) is 32.2 Å². The molecular formula is C41H48N4O4. The van der Waals surface area contributed by atoms with Crippen LogP contribution in [-0.4, -0.2) is 44.4 Å². The molecule has 0 N–H and O–H groups in total. The van der Waals surface area contributed by atoms with Crippen molar-refractivity contribution in [1.82, 2.24) is 18.3 Å². The van der Waals surface area contributed by atoms with Gasteiger partial charge in [-0.25, -0.2) is 0 Å². The van der Waals surface area contributed by atoms with Crippen LogP contribution < -0.4 is 21.4 Å². The number of ether oxygens (including phenoxy) is 2. The number of hydrogen-bond donors (Lipinski definition) is 0. The van der Waals surface area contributed by atoms with Crippen LogP contribution in [0.25, 0.3) is 30.0 Å². The monoisotopic (exact) mass is 660 g/mol. The Morgan fingerprint density at radius 2 is 1.12 bits per heavy atom. The van der Waals surface area contributed by atoms with Crippen molar-refractivity contribution in [1.29, 1.82) is 0 Å². The van der Waals surface area contributed by atoms with E-state index in [-0.39, 0.29) is 11.9 Å². The van der Waals surface area contributed by atoms with Crippen LogP contribution in [0.5, 0.6) is 0 Å². The Bertz CT molecular complexity index is 2350. The lowest BCUT2D eigenvalue weighted by Crippen LogP contribution is -2.30. The predicted octanol–water partition coefficient (Wildman–Crippen LogP) is 3.59. The van der Waals surface area contributed by atoms with Crippen molar-refractivity contribution in [2.75, 3.05) is 14.2 Å². The van der Waals surface area contributed by atoms with Gasteiger partial charge in [0.1, 0.15) is 0 Å². The van der Waals surface area contributed by atoms with Gasteiger partial charge in [0.2, 0.25) is 0 Å². The summed E-state index contributed by atoms with van der Waals surface area (Å²) >= 11 is 0. The van der Waals surface area contributed by atoms with Gasteiger partial charge in [-0.3, -0.25) is 9.59 Å². The molecule has 0 saturated heterocycles. The van der Waals surface area contributed by atoms with E-state index in [1.54, 1.807) is 0 Å². The molecule has 7 rings (SSSR count). The third-order valence-electron chi connectivity index (χ3n) is 11.4. The molecule has 0 radical (unpaired) electrons. The molecule has 0 aliphatic carbocycles. The molecule has 3 aliphatic rings. The average Bonchev–Trinajstić information content (AvgIpc) is 3.57. The van der Waals surface area contributed by atoms with Crippen molar-refractivity contribution in [2.45, 2.75) is 99.7 Å². The Kier molecular flexibility index (Phi) is 8.24. The van der Waals surface area contributed by atoms with E-state index in [2.05, 4.69) is 84.1 Å². The van der Waals surface area contributed by atoms with Gasteiger partial charge in [0.05, 0.1) is 31.5 Å². The van der Waals surface area contributed by atoms with E-state index in [1.807, 2.05) is 0 Å². The summed E-state index contributed by atoms with van der Waals surface area (Å²) in [5.74, 6) is -0.429. The number of carbonyl (C=O) groups excluding carboxylic acids is 2. The summed E-state index contributed by atoms with van der Waals surface area (Å²) in [4.78, 5) is 24.9. The van der Waals surface area contributed by atoms with Gasteiger partial charge in [0.15, 0.2) is 0 Å². The van der Waals surface area contributed by atoms with E-state index in [0.717, 1.165) is 64.8 Å². The van der Waals surface area contributed by atoms with Crippen molar-refractivity contribution < 1.29 is 19.1 Å². The van der Waals surface area contributed by atoms with Crippen molar-refractivity contribution in [3.05, 3.63) is 95.3 Å². The lowest BCUT2D eigenvalue weighted by molar-refractivity contribution is -0.141. The standard InChI is InChI=1S/C41H48N4O4/c1-10-28-24(4)34-18-32-26(6)30(12-14-40(46)48-8)37-21-38-31(13-15-41(47)49-9)27(7)33(43(38)17-16-42(32)37)19-39-29(11-2)25(5)35-20-36(28)44(34)22-23(3)45(35)39/h18-21H,3,10-17,22H2,1-2,4-9H3. The molecule has 4 bridgehead atoms. The van der Waals surface area contributed by atoms with Crippen LogP contribution >= 0.6 is 0 Å². The van der Waals surface area contributed by atoms with Gasteiger partial charge in [-0.1, -0.05) is 20.4 Å². The summed E-state index contributed by atoms with van der Waals surface area (Å²) in [5, 5.41) is 4.67. The highest BCUT2D eigenvalue weighted by Crippen LogP contribution is 2.30. The van der Waals surface area contributed by atoms with Gasteiger partial charge < -0.3 is 27.7 Å². The first-order valence-electron chi connectivity index (χ1n) is 17.6. The van der Waals surface area contributed by atoms with Crippen molar-refractivity contribution in [3.63, 3.8) is 0 Å². The molecule has 0 unspecified atom stereocenters. The molecule has 256 valence electrons. The number of fused-ring (bicyclic) bond motifs is 2. The topological polar surface area (TPSA) is 72.3 Å². The zero-order valence-corrected chi connectivity index (χ0v) is 30.3. The number of esters is 2. The lowest BCUT2D eigenvalue weighted by atomic mass is 10.0. The molecule has 8 heteroatoms. The average molecular weight is 661 g/mol. The lowest BCUT2D eigenvalue weighted by Gasteiger charge is -2.15. The quantitative estimate of drug-likeness (QED) is 0.239. The van der Waals surface area contributed by atoms with Crippen molar-refractivity contribution in [2.24, 2.45) is 0 Å². The van der Waals surface area contributed by atoms with Gasteiger partial charge in [0.25, 0.3) is 0 Å². The minimum atomic E-state index is -0.216. The number of methoxy groups -OCH3 is 2. The Morgan fingerprint density at radius 1 is 0.612 bits per heavy atom. The van der Waals surface area contributed by atoms with Crippen molar-refractivity contribution >= 4 is 41.9 Å². The molecule has 0 atom stereocenters. The van der Waals surface area contributed by atoms with Crippen LogP contribution in [0.3, 0.4) is 0 Å². The summed E-state index contributed by atoms with van der Waals surface area (Å²) in [6, 6.07) is 0. The highest BCUT2D eigenvalue weighted by molar-refractivity contribution is 5.73. The Balaban J connectivity index is 1.68. The van der Waals surface area contributed by atoms with Crippen LogP contribution in [0.15, 0.2) is 6.58 Å². The zero-order valence-electron chi connectivity index (χ0n) is 30.3. The van der Waals surface area contributed by atoms with E-state index >= 15 is 0 Å². The second kappa shape index (κ2) is 12.3. The highest BCUT2D eigenvalue weighted by atomic mass is 16.5. The molecule has 49 heavy (non-hydrogen) atoms. The van der Waals surface area contributed by atoms with E-state index < -0.39 is 0 Å². The second-order valence-corrected chi connectivity index (χ2v) is 13.7. The van der Waals surface area contributed by atoms with Gasteiger partial charge in [-0.15, -0.1) is 0 Å². The fourth-order valence-corrected chi connectivity index (χ4v) is 8.83. The molecule has 4 aromatic rings. The molecule has 4 aromatic heterocycles. The first kappa shape index (κ1) is 32.8. The maximum atomic E-state index is 12.5. The van der Waals surface area contributed by atoms with Crippen LogP contribution in [0.2, 0.25) is 0 Å². The summed E-state index contributed by atoms with van der Waals surface area (Å²) < 4.78 is 19.9. The maximum absolute atomic E-state index is 12.5. The smallest absolute Gasteiger partial charge is 0.305 e. The number of aromatic nitrogens is 4. The molecule has 7 heterocycles. The predicted molar refractivity (Wildman–Crippen MR) is 194 cm³/mol. The summed E-state index contributed by atoms with van der Waals surface area (Å²) in [6.45, 7) is 20.3. The van der Waals surface area contributed by atoms with Gasteiger partial charge >= 0.3 is 11.9 Å². The number of nitrogens with zero attached hydrogens (tertiary/aromatic N) is 4. The summed E-state index contributed by atoms with van der Waals surface area (Å²) in [5.41, 5.74) is 15.7. The number of rotatable bonds is 8. The minimum Gasteiger partial charge on any atom is -0.469 e. The third kappa shape index (κ3) is 4.93. The van der Waals surface area contributed by atoms with Gasteiger partial charge in [0, 0.05) is 65.1 Å². The summed E-state index contributed by atoms with van der Waals surface area (Å²) in [6.07, 6.45) is 13.1. The van der Waals surface area contributed by atoms with Gasteiger partial charge in [-0.2, -0.15) is 0 Å². The molecule has 3 aliphatic heterocycles. The largest absolute Gasteiger partial charge is 0.469 e. The molecule has 0 fully saturated rings. The minimum absolute atomic E-state index is 0.214. The molecule has 0 amide bonds. The maximum Gasteiger partial charge on any atom is 0.305 e. The third-order valence-corrected chi connectivity index (χ3v) is 11.4. The Hall–Kier alpha value is -4.72. The normalized spacial score (nSPS) is 14.0. The molecule has 0 aromatic carbocycles. The molecular weight excluding hydrogens is 612 g/mol. The first-order chi connectivity index (χ1) is 23.5. The van der Waals surface area contributed by atoms with E-state index in [4.69, 9.17) is 16.1 Å². The van der Waals surface area contributed by atoms with Gasteiger partial charge in [-0.05, 0) is 122 Å². The van der Waals surface area contributed by atoms with Crippen LogP contribution in [-0.2, 0) is 64.4 Å². The van der Waals surface area contributed by atoms with Crippen LogP contribution in [0, 0.1) is 27.7 Å². The van der Waals surface area contributed by atoms with E-state index in [9.17, 15) is 9.59 Å². The second-order valence-electron chi connectivity index (χ2n) is 13.7. The summed E-state index contributed by atoms with van der Waals surface area (Å²) in [7, 11) is 2.90. The van der Waals surface area contributed by atoms with Crippen molar-refractivity contribution in [3.8, 4) is 0 Å². The SMILES string of the molecule is C=C1Cn2c3c(C)c(CC)c2C=c2c(C)c(CC)c(n21)=Cc1c(C)c(CCC(=O)OC)c2n1CCn1c(c(C)c(CCC(=O)OC)c1=C2)=C3. The number of carbonyl (C=O) groups is 2. The Labute approximate surface area is 287 Å². The number of hydrogen-bond acceptors (Lipinski definition) is 4. The highest BCUT2D eigenvalue weighted by Gasteiger charge is 2.27. The van der Waals surface area contributed by atoms with Crippen LogP contribution in [0.1, 0.15) is 94.0 Å². The fourth-order valence-electron chi connectivity index (χ4n) is 8.83. The van der Waals surface area contributed by atoms with Crippen LogP contribution in [0.4, 0.5) is 0 Å². The first-order valence-corrected chi connectivity index (χ1v) is 17.6. The number of allylic oxidation sites excluding steroid dienone is 1. The molecule has 8 nitrogen and oxygen atoms in total. The Morgan fingerprint density at radius 3 is 1.78 bits per heavy atom.